The Bertz CT molecular complexity index is 491. The zero-order valence-corrected chi connectivity index (χ0v) is 10.6. The van der Waals surface area contributed by atoms with Crippen molar-refractivity contribution >= 4 is 11.9 Å². The van der Waals surface area contributed by atoms with Crippen molar-refractivity contribution in [2.75, 3.05) is 13.2 Å². The molecule has 4 nitrogen and oxygen atoms in total. The Balaban J connectivity index is 2.22. The highest BCUT2D eigenvalue weighted by Gasteiger charge is 2.18. The highest BCUT2D eigenvalue weighted by molar-refractivity contribution is 6.03. The predicted molar refractivity (Wildman–Crippen MR) is 70.0 cm³/mol. The molecular formula is C15H16O4. The van der Waals surface area contributed by atoms with Crippen LogP contribution in [0.2, 0.25) is 0 Å². The van der Waals surface area contributed by atoms with Crippen molar-refractivity contribution in [1.29, 1.82) is 0 Å². The number of cyclic esters (lactones) is 2. The van der Waals surface area contributed by atoms with Crippen LogP contribution in [0.4, 0.5) is 0 Å². The van der Waals surface area contributed by atoms with Gasteiger partial charge in [0.15, 0.2) is 0 Å². The second kappa shape index (κ2) is 6.73. The Morgan fingerprint density at radius 2 is 1.37 bits per heavy atom. The van der Waals surface area contributed by atoms with Crippen molar-refractivity contribution < 1.29 is 19.1 Å². The summed E-state index contributed by atoms with van der Waals surface area (Å²) in [7, 11) is 0. The van der Waals surface area contributed by atoms with Crippen molar-refractivity contribution in [1.82, 2.24) is 0 Å². The van der Waals surface area contributed by atoms with Crippen LogP contribution in [-0.4, -0.2) is 25.2 Å². The number of hydrogen-bond acceptors (Lipinski definition) is 4. The second-order valence-electron chi connectivity index (χ2n) is 4.22. The van der Waals surface area contributed by atoms with Gasteiger partial charge in [-0.15, -0.1) is 0 Å². The molecule has 1 aromatic carbocycles. The Morgan fingerprint density at radius 1 is 0.789 bits per heavy atom. The minimum absolute atomic E-state index is 0.260. The van der Waals surface area contributed by atoms with E-state index in [1.54, 1.807) is 24.3 Å². The molecule has 2 rings (SSSR count). The predicted octanol–water partition coefficient (Wildman–Crippen LogP) is 2.74. The zero-order chi connectivity index (χ0) is 13.5. The average Bonchev–Trinajstić information content (AvgIpc) is 2.45. The summed E-state index contributed by atoms with van der Waals surface area (Å²) in [6, 6.07) is 6.56. The van der Waals surface area contributed by atoms with Gasteiger partial charge in [0.25, 0.3) is 0 Å². The topological polar surface area (TPSA) is 52.6 Å². The number of ether oxygens (including phenoxy) is 2. The summed E-state index contributed by atoms with van der Waals surface area (Å²) < 4.78 is 10.3. The highest BCUT2D eigenvalue weighted by Crippen LogP contribution is 2.13. The van der Waals surface area contributed by atoms with E-state index in [0.717, 1.165) is 12.8 Å². The number of esters is 2. The molecule has 0 atom stereocenters. The minimum Gasteiger partial charge on any atom is -0.462 e. The van der Waals surface area contributed by atoms with Gasteiger partial charge in [-0.1, -0.05) is 24.3 Å². The lowest BCUT2D eigenvalue weighted by Crippen LogP contribution is -2.14. The van der Waals surface area contributed by atoms with E-state index in [1.165, 1.54) is 0 Å². The van der Waals surface area contributed by atoms with Gasteiger partial charge in [0.05, 0.1) is 24.3 Å². The highest BCUT2D eigenvalue weighted by atomic mass is 16.5. The fraction of sp³-hybridized carbons (Fsp3) is 0.333. The van der Waals surface area contributed by atoms with Crippen LogP contribution < -0.4 is 0 Å². The number of rotatable bonds is 0. The molecule has 0 unspecified atom stereocenters. The summed E-state index contributed by atoms with van der Waals surface area (Å²) in [6.45, 7) is 0.672. The lowest BCUT2D eigenvalue weighted by Gasteiger charge is -2.08. The molecule has 1 heterocycles. The van der Waals surface area contributed by atoms with Crippen LogP contribution in [0.1, 0.15) is 40.0 Å². The van der Waals surface area contributed by atoms with E-state index in [4.69, 9.17) is 9.47 Å². The van der Waals surface area contributed by atoms with E-state index in [-0.39, 0.29) is 11.1 Å². The third-order valence-electron chi connectivity index (χ3n) is 2.80. The molecule has 0 bridgehead atoms. The molecule has 100 valence electrons. The molecule has 0 radical (unpaired) electrons. The largest absolute Gasteiger partial charge is 0.462 e. The standard InChI is InChI=1S/C15H16O4/c16-14-12-8-4-5-9-13(12)15(17)19-11-7-3-1-2-6-10-18-14/h1-2,4-5,8-9H,3,6-7,10-11H2/b2-1-. The van der Waals surface area contributed by atoms with E-state index in [2.05, 4.69) is 0 Å². The molecule has 0 fully saturated rings. The van der Waals surface area contributed by atoms with Gasteiger partial charge in [-0.2, -0.15) is 0 Å². The van der Waals surface area contributed by atoms with E-state index in [1.807, 2.05) is 12.2 Å². The van der Waals surface area contributed by atoms with Gasteiger partial charge in [0.1, 0.15) is 0 Å². The van der Waals surface area contributed by atoms with Gasteiger partial charge in [-0.05, 0) is 31.4 Å². The molecule has 0 aromatic heterocycles. The first-order chi connectivity index (χ1) is 9.29. The molecule has 0 saturated carbocycles. The number of benzene rings is 1. The first kappa shape index (κ1) is 13.3. The zero-order valence-electron chi connectivity index (χ0n) is 10.6. The molecule has 0 saturated heterocycles. The first-order valence-corrected chi connectivity index (χ1v) is 6.37. The van der Waals surface area contributed by atoms with Crippen molar-refractivity contribution in [3.8, 4) is 0 Å². The summed E-state index contributed by atoms with van der Waals surface area (Å²) in [5.41, 5.74) is 0.524. The monoisotopic (exact) mass is 260 g/mol. The summed E-state index contributed by atoms with van der Waals surface area (Å²) in [4.78, 5) is 23.8. The minimum atomic E-state index is -0.486. The number of carbonyl (C=O) groups is 2. The van der Waals surface area contributed by atoms with E-state index < -0.39 is 11.9 Å². The van der Waals surface area contributed by atoms with Gasteiger partial charge in [0, 0.05) is 0 Å². The summed E-state index contributed by atoms with van der Waals surface area (Å²) in [5, 5.41) is 0. The smallest absolute Gasteiger partial charge is 0.339 e. The van der Waals surface area contributed by atoms with E-state index in [0.29, 0.717) is 19.6 Å². The van der Waals surface area contributed by atoms with Crippen molar-refractivity contribution in [2.24, 2.45) is 0 Å². The number of fused-ring (bicyclic) bond motifs is 1. The maximum atomic E-state index is 11.9. The fourth-order valence-corrected chi connectivity index (χ4v) is 1.82. The normalized spacial score (nSPS) is 18.9. The Labute approximate surface area is 112 Å². The van der Waals surface area contributed by atoms with Crippen LogP contribution in [0.5, 0.6) is 0 Å². The van der Waals surface area contributed by atoms with Crippen molar-refractivity contribution in [3.05, 3.63) is 47.5 Å². The van der Waals surface area contributed by atoms with Crippen LogP contribution in [0, 0.1) is 0 Å². The molecular weight excluding hydrogens is 244 g/mol. The lowest BCUT2D eigenvalue weighted by molar-refractivity contribution is 0.0460. The van der Waals surface area contributed by atoms with Gasteiger partial charge in [0.2, 0.25) is 0 Å². The van der Waals surface area contributed by atoms with Gasteiger partial charge in [-0.3, -0.25) is 0 Å². The van der Waals surface area contributed by atoms with Crippen LogP contribution in [0.25, 0.3) is 0 Å². The maximum absolute atomic E-state index is 11.9. The van der Waals surface area contributed by atoms with Gasteiger partial charge in [-0.25, -0.2) is 9.59 Å². The SMILES string of the molecule is O=C1OCC/C=C\CCCOC(=O)c2ccccc21. The summed E-state index contributed by atoms with van der Waals surface area (Å²) in [5.74, 6) is -0.962. The molecule has 0 amide bonds. The van der Waals surface area contributed by atoms with Gasteiger partial charge < -0.3 is 9.47 Å². The third-order valence-corrected chi connectivity index (χ3v) is 2.80. The molecule has 1 aliphatic heterocycles. The molecule has 0 N–H and O–H groups in total. The summed E-state index contributed by atoms with van der Waals surface area (Å²) >= 11 is 0. The Morgan fingerprint density at radius 3 is 2.05 bits per heavy atom. The van der Waals surface area contributed by atoms with Gasteiger partial charge >= 0.3 is 11.9 Å². The molecule has 0 spiro atoms. The third kappa shape index (κ3) is 3.68. The Kier molecular flexibility index (Phi) is 4.72. The number of allylic oxidation sites excluding steroid dienone is 1. The lowest BCUT2D eigenvalue weighted by atomic mass is 10.1. The molecule has 4 heteroatoms. The summed E-state index contributed by atoms with van der Waals surface area (Å²) in [6.07, 6.45) is 6.29. The molecule has 19 heavy (non-hydrogen) atoms. The molecule has 0 aliphatic carbocycles. The average molecular weight is 260 g/mol. The quantitative estimate of drug-likeness (QED) is 0.531. The van der Waals surface area contributed by atoms with Crippen LogP contribution >= 0.6 is 0 Å². The first-order valence-electron chi connectivity index (χ1n) is 6.37. The van der Waals surface area contributed by atoms with Crippen molar-refractivity contribution in [2.45, 2.75) is 19.3 Å². The molecule has 1 aromatic rings. The van der Waals surface area contributed by atoms with Crippen LogP contribution in [0.3, 0.4) is 0 Å². The van der Waals surface area contributed by atoms with Crippen LogP contribution in [0.15, 0.2) is 36.4 Å². The fourth-order valence-electron chi connectivity index (χ4n) is 1.82. The Hall–Kier alpha value is -2.10. The second-order valence-corrected chi connectivity index (χ2v) is 4.22. The van der Waals surface area contributed by atoms with Crippen molar-refractivity contribution in [3.63, 3.8) is 0 Å². The molecule has 1 aliphatic rings. The maximum Gasteiger partial charge on any atom is 0.339 e. The van der Waals surface area contributed by atoms with Crippen LogP contribution in [-0.2, 0) is 9.47 Å². The number of hydrogen-bond donors (Lipinski definition) is 0. The van der Waals surface area contributed by atoms with E-state index in [9.17, 15) is 9.59 Å². The number of carbonyl (C=O) groups excluding carboxylic acids is 2. The van der Waals surface area contributed by atoms with E-state index >= 15 is 0 Å².